The molecule has 142 valence electrons. The lowest BCUT2D eigenvalue weighted by molar-refractivity contribution is 0.0954. The number of nitrogens with one attached hydrogen (secondary N) is 3. The molecule has 0 saturated carbocycles. The van der Waals surface area contributed by atoms with Gasteiger partial charge in [0.15, 0.2) is 0 Å². The van der Waals surface area contributed by atoms with E-state index in [1.54, 1.807) is 12.4 Å². The van der Waals surface area contributed by atoms with Crippen molar-refractivity contribution < 1.29 is 4.79 Å². The first-order valence-corrected chi connectivity index (χ1v) is 9.30. The van der Waals surface area contributed by atoms with Gasteiger partial charge < -0.3 is 20.5 Å². The minimum absolute atomic E-state index is 0.0979. The average molecular weight is 365 g/mol. The maximum Gasteiger partial charge on any atom is 0.252 e. The second-order valence-corrected chi connectivity index (χ2v) is 6.91. The minimum atomic E-state index is -0.0979. The third kappa shape index (κ3) is 5.31. The molecule has 0 aliphatic rings. The zero-order valence-electron chi connectivity index (χ0n) is 16.0. The van der Waals surface area contributed by atoms with Crippen LogP contribution in [-0.2, 0) is 6.42 Å². The number of carbonyl (C=O) groups excluding carboxylic acids is 1. The summed E-state index contributed by atoms with van der Waals surface area (Å²) < 4.78 is 0. The molecule has 2 heterocycles. The van der Waals surface area contributed by atoms with Gasteiger partial charge in [0.25, 0.3) is 5.91 Å². The zero-order valence-corrected chi connectivity index (χ0v) is 16.0. The van der Waals surface area contributed by atoms with Gasteiger partial charge in [0.2, 0.25) is 0 Å². The van der Waals surface area contributed by atoms with Crippen LogP contribution in [0.25, 0.3) is 10.9 Å². The van der Waals surface area contributed by atoms with Crippen LogP contribution in [0.4, 0.5) is 5.69 Å². The molecule has 0 spiro atoms. The summed E-state index contributed by atoms with van der Waals surface area (Å²) in [4.78, 5) is 22.0. The number of hydrogen-bond donors (Lipinski definition) is 3. The standard InChI is InChI=1S/C21H27N5O/c1-26(2)11-5-9-23-18-12-17(13-22-15-18)21(27)24-10-8-16-14-25-20-7-4-3-6-19(16)20/h3-4,6-7,12-15,23,25H,5,8-11H2,1-2H3,(H,24,27). The number of amides is 1. The Kier molecular flexibility index (Phi) is 6.44. The lowest BCUT2D eigenvalue weighted by Gasteiger charge is -2.11. The molecule has 2 aromatic heterocycles. The molecule has 6 nitrogen and oxygen atoms in total. The van der Waals surface area contributed by atoms with Gasteiger partial charge in [-0.05, 0) is 51.2 Å². The normalized spacial score (nSPS) is 11.1. The van der Waals surface area contributed by atoms with Crippen molar-refractivity contribution in [1.29, 1.82) is 0 Å². The zero-order chi connectivity index (χ0) is 19.1. The van der Waals surface area contributed by atoms with E-state index in [4.69, 9.17) is 0 Å². The molecule has 6 heteroatoms. The molecule has 0 unspecified atom stereocenters. The molecule has 0 aliphatic heterocycles. The number of rotatable bonds is 9. The summed E-state index contributed by atoms with van der Waals surface area (Å²) in [6.07, 6.45) is 7.18. The molecule has 3 rings (SSSR count). The fraction of sp³-hybridized carbons (Fsp3) is 0.333. The van der Waals surface area contributed by atoms with Gasteiger partial charge in [-0.25, -0.2) is 0 Å². The van der Waals surface area contributed by atoms with Gasteiger partial charge in [0, 0.05) is 42.6 Å². The van der Waals surface area contributed by atoms with Gasteiger partial charge in [0.1, 0.15) is 0 Å². The highest BCUT2D eigenvalue weighted by Gasteiger charge is 2.08. The monoisotopic (exact) mass is 365 g/mol. The number of benzene rings is 1. The van der Waals surface area contributed by atoms with Gasteiger partial charge in [-0.15, -0.1) is 0 Å². The molecule has 0 radical (unpaired) electrons. The Balaban J connectivity index is 1.50. The van der Waals surface area contributed by atoms with Gasteiger partial charge in [0.05, 0.1) is 11.3 Å². The lowest BCUT2D eigenvalue weighted by atomic mass is 10.1. The van der Waals surface area contributed by atoms with Crippen LogP contribution in [-0.4, -0.2) is 54.5 Å². The molecular weight excluding hydrogens is 338 g/mol. The highest BCUT2D eigenvalue weighted by Crippen LogP contribution is 2.17. The Hall–Kier alpha value is -2.86. The topological polar surface area (TPSA) is 73.1 Å². The Morgan fingerprint density at radius 2 is 2.04 bits per heavy atom. The molecule has 1 amide bonds. The molecule has 0 bridgehead atoms. The van der Waals surface area contributed by atoms with E-state index in [1.807, 2.05) is 24.4 Å². The molecule has 1 aromatic carbocycles. The second-order valence-electron chi connectivity index (χ2n) is 6.91. The number of H-pyrrole nitrogens is 1. The highest BCUT2D eigenvalue weighted by molar-refractivity contribution is 5.94. The molecule has 0 aliphatic carbocycles. The fourth-order valence-electron chi connectivity index (χ4n) is 3.04. The SMILES string of the molecule is CN(C)CCCNc1cncc(C(=O)NCCc2c[nH]c3ccccc23)c1. The van der Waals surface area contributed by atoms with E-state index in [0.29, 0.717) is 12.1 Å². The summed E-state index contributed by atoms with van der Waals surface area (Å²) >= 11 is 0. The van der Waals surface area contributed by atoms with Crippen LogP contribution in [0.1, 0.15) is 22.3 Å². The Bertz CT molecular complexity index is 887. The largest absolute Gasteiger partial charge is 0.384 e. The smallest absolute Gasteiger partial charge is 0.252 e. The van der Waals surface area contributed by atoms with Crippen molar-refractivity contribution >= 4 is 22.5 Å². The summed E-state index contributed by atoms with van der Waals surface area (Å²) in [7, 11) is 4.12. The van der Waals surface area contributed by atoms with Crippen LogP contribution >= 0.6 is 0 Å². The van der Waals surface area contributed by atoms with Gasteiger partial charge in [-0.2, -0.15) is 0 Å². The van der Waals surface area contributed by atoms with Crippen molar-refractivity contribution in [3.63, 3.8) is 0 Å². The molecule has 0 atom stereocenters. The van der Waals surface area contributed by atoms with Gasteiger partial charge in [-0.3, -0.25) is 9.78 Å². The Morgan fingerprint density at radius 1 is 1.19 bits per heavy atom. The van der Waals surface area contributed by atoms with E-state index in [2.05, 4.69) is 51.7 Å². The van der Waals surface area contributed by atoms with Crippen LogP contribution in [0, 0.1) is 0 Å². The predicted molar refractivity (Wildman–Crippen MR) is 110 cm³/mol. The number of pyridine rings is 1. The van der Waals surface area contributed by atoms with Crippen LogP contribution in [0.2, 0.25) is 0 Å². The third-order valence-corrected chi connectivity index (χ3v) is 4.47. The molecule has 27 heavy (non-hydrogen) atoms. The summed E-state index contributed by atoms with van der Waals surface area (Å²) in [6.45, 7) is 2.46. The van der Waals surface area contributed by atoms with Crippen molar-refractivity contribution in [3.05, 3.63) is 60.0 Å². The second kappa shape index (κ2) is 9.19. The number of nitrogens with zero attached hydrogens (tertiary/aromatic N) is 2. The first kappa shape index (κ1) is 18.9. The molecular formula is C21H27N5O. The van der Waals surface area contributed by atoms with Crippen molar-refractivity contribution in [2.24, 2.45) is 0 Å². The van der Waals surface area contributed by atoms with E-state index in [0.717, 1.165) is 37.1 Å². The van der Waals surface area contributed by atoms with E-state index < -0.39 is 0 Å². The maximum absolute atomic E-state index is 12.4. The predicted octanol–water partition coefficient (Wildman–Crippen LogP) is 2.90. The van der Waals surface area contributed by atoms with E-state index in [9.17, 15) is 4.79 Å². The number of fused-ring (bicyclic) bond motifs is 1. The summed E-state index contributed by atoms with van der Waals surface area (Å²) in [5.41, 5.74) is 3.78. The van der Waals surface area contributed by atoms with Gasteiger partial charge in [-0.1, -0.05) is 18.2 Å². The van der Waals surface area contributed by atoms with Crippen LogP contribution in [0.3, 0.4) is 0 Å². The Morgan fingerprint density at radius 3 is 2.89 bits per heavy atom. The summed E-state index contributed by atoms with van der Waals surface area (Å²) in [6, 6.07) is 10.0. The quantitative estimate of drug-likeness (QED) is 0.510. The Labute approximate surface area is 160 Å². The van der Waals surface area contributed by atoms with Crippen molar-refractivity contribution in [1.82, 2.24) is 20.2 Å². The summed E-state index contributed by atoms with van der Waals surface area (Å²) in [5, 5.41) is 7.51. The average Bonchev–Trinajstić information content (AvgIpc) is 3.08. The number of aromatic amines is 1. The number of aromatic nitrogens is 2. The van der Waals surface area contributed by atoms with Crippen molar-refractivity contribution in [2.45, 2.75) is 12.8 Å². The molecule has 0 fully saturated rings. The van der Waals surface area contributed by atoms with Crippen LogP contribution in [0.15, 0.2) is 48.9 Å². The lowest BCUT2D eigenvalue weighted by Crippen LogP contribution is -2.26. The first-order valence-electron chi connectivity index (χ1n) is 9.30. The van der Waals surface area contributed by atoms with E-state index >= 15 is 0 Å². The van der Waals surface area contributed by atoms with Gasteiger partial charge >= 0.3 is 0 Å². The molecule has 3 N–H and O–H groups in total. The molecule has 0 saturated heterocycles. The summed E-state index contributed by atoms with van der Waals surface area (Å²) in [5.74, 6) is -0.0979. The van der Waals surface area contributed by atoms with E-state index in [1.165, 1.54) is 10.9 Å². The minimum Gasteiger partial charge on any atom is -0.384 e. The van der Waals surface area contributed by atoms with Crippen LogP contribution in [0.5, 0.6) is 0 Å². The number of para-hydroxylation sites is 1. The third-order valence-electron chi connectivity index (χ3n) is 4.47. The van der Waals surface area contributed by atoms with Crippen molar-refractivity contribution in [3.8, 4) is 0 Å². The number of anilines is 1. The highest BCUT2D eigenvalue weighted by atomic mass is 16.1. The number of hydrogen-bond acceptors (Lipinski definition) is 4. The molecule has 3 aromatic rings. The maximum atomic E-state index is 12.4. The van der Waals surface area contributed by atoms with Crippen molar-refractivity contribution in [2.75, 3.05) is 39.0 Å². The van der Waals surface area contributed by atoms with Crippen LogP contribution < -0.4 is 10.6 Å². The fourth-order valence-corrected chi connectivity index (χ4v) is 3.04. The number of carbonyl (C=O) groups is 1. The van der Waals surface area contributed by atoms with E-state index in [-0.39, 0.29) is 5.91 Å². The first-order chi connectivity index (χ1) is 13.1.